The molecule has 0 saturated carbocycles. The van der Waals surface area contributed by atoms with E-state index in [4.69, 9.17) is 9.47 Å². The number of rotatable bonds is 3. The number of amides is 1. The molecule has 2 aliphatic rings. The number of ether oxygens (including phenoxy) is 2. The fraction of sp³-hybridized carbons (Fsp3) is 0.917. The van der Waals surface area contributed by atoms with Crippen LogP contribution in [0.1, 0.15) is 19.3 Å². The first kappa shape index (κ1) is 12.8. The molecule has 2 aliphatic heterocycles. The summed E-state index contributed by atoms with van der Waals surface area (Å²) in [6.07, 6.45) is 3.32. The van der Waals surface area contributed by atoms with E-state index in [1.54, 1.807) is 7.11 Å². The van der Waals surface area contributed by atoms with Crippen LogP contribution in [0.2, 0.25) is 0 Å². The van der Waals surface area contributed by atoms with Gasteiger partial charge in [-0.1, -0.05) is 6.42 Å². The second-order valence-corrected chi connectivity index (χ2v) is 4.73. The number of methoxy groups -OCH3 is 1. The predicted molar refractivity (Wildman–Crippen MR) is 63.8 cm³/mol. The minimum absolute atomic E-state index is 0.0186. The molecule has 5 nitrogen and oxygen atoms in total. The van der Waals surface area contributed by atoms with Gasteiger partial charge in [0.25, 0.3) is 0 Å². The van der Waals surface area contributed by atoms with Crippen molar-refractivity contribution in [3.05, 3.63) is 0 Å². The first-order valence-corrected chi connectivity index (χ1v) is 6.44. The minimum Gasteiger partial charge on any atom is -0.382 e. The lowest BCUT2D eigenvalue weighted by atomic mass is 10.0. The van der Waals surface area contributed by atoms with E-state index in [1.165, 1.54) is 6.42 Å². The van der Waals surface area contributed by atoms with Crippen LogP contribution in [0.5, 0.6) is 0 Å². The monoisotopic (exact) mass is 242 g/mol. The summed E-state index contributed by atoms with van der Waals surface area (Å²) in [5.74, 6) is 0.231. The normalized spacial score (nSPS) is 30.3. The van der Waals surface area contributed by atoms with Crippen LogP contribution in [0.3, 0.4) is 0 Å². The summed E-state index contributed by atoms with van der Waals surface area (Å²) in [6.45, 7) is 3.50. The molecular formula is C12H22N2O3. The number of nitrogens with zero attached hydrogens (tertiary/aromatic N) is 1. The summed E-state index contributed by atoms with van der Waals surface area (Å²) in [4.78, 5) is 14.2. The van der Waals surface area contributed by atoms with Crippen molar-refractivity contribution in [2.45, 2.75) is 31.4 Å². The van der Waals surface area contributed by atoms with Crippen LogP contribution in [-0.4, -0.2) is 62.9 Å². The topological polar surface area (TPSA) is 50.8 Å². The quantitative estimate of drug-likeness (QED) is 0.757. The number of carbonyl (C=O) groups is 1. The number of hydrogen-bond acceptors (Lipinski definition) is 4. The lowest BCUT2D eigenvalue weighted by Gasteiger charge is -2.35. The molecule has 0 aromatic rings. The van der Waals surface area contributed by atoms with E-state index in [1.807, 2.05) is 4.90 Å². The van der Waals surface area contributed by atoms with Crippen LogP contribution < -0.4 is 5.32 Å². The van der Waals surface area contributed by atoms with Gasteiger partial charge in [-0.15, -0.1) is 0 Å². The molecule has 0 spiro atoms. The van der Waals surface area contributed by atoms with Crippen LogP contribution in [-0.2, 0) is 14.3 Å². The molecule has 17 heavy (non-hydrogen) atoms. The standard InChI is InChI=1S/C12H22N2O3/c1-16-9-10-8-14(6-7-17-10)12(15)11-4-2-3-5-13-11/h10-11,13H,2-9H2,1H3/t10-,11+/m0/s1. The SMILES string of the molecule is COC[C@@H]1CN(C(=O)[C@H]2CCCCN2)CCO1. The van der Waals surface area contributed by atoms with E-state index < -0.39 is 0 Å². The largest absolute Gasteiger partial charge is 0.382 e. The maximum absolute atomic E-state index is 12.3. The Bertz CT molecular complexity index is 252. The van der Waals surface area contributed by atoms with Gasteiger partial charge < -0.3 is 19.7 Å². The second kappa shape index (κ2) is 6.33. The summed E-state index contributed by atoms with van der Waals surface area (Å²) < 4.78 is 10.6. The van der Waals surface area contributed by atoms with Crippen LogP contribution in [0.15, 0.2) is 0 Å². The van der Waals surface area contributed by atoms with Crippen molar-refractivity contribution < 1.29 is 14.3 Å². The first-order chi connectivity index (χ1) is 8.31. The van der Waals surface area contributed by atoms with Crippen molar-refractivity contribution in [3.8, 4) is 0 Å². The molecule has 0 unspecified atom stereocenters. The minimum atomic E-state index is 0.0186. The molecule has 2 fully saturated rings. The van der Waals surface area contributed by atoms with Crippen molar-refractivity contribution >= 4 is 5.91 Å². The van der Waals surface area contributed by atoms with Gasteiger partial charge in [0, 0.05) is 20.2 Å². The Morgan fingerprint density at radius 1 is 1.53 bits per heavy atom. The lowest BCUT2D eigenvalue weighted by molar-refractivity contribution is -0.143. The van der Waals surface area contributed by atoms with Gasteiger partial charge in [0.2, 0.25) is 5.91 Å². The Morgan fingerprint density at radius 3 is 3.12 bits per heavy atom. The van der Waals surface area contributed by atoms with Crippen molar-refractivity contribution in [1.82, 2.24) is 10.2 Å². The number of piperidine rings is 1. The van der Waals surface area contributed by atoms with Crippen molar-refractivity contribution in [1.29, 1.82) is 0 Å². The number of hydrogen-bond donors (Lipinski definition) is 1. The third-order valence-corrected chi connectivity index (χ3v) is 3.41. The maximum Gasteiger partial charge on any atom is 0.239 e. The molecule has 2 heterocycles. The van der Waals surface area contributed by atoms with Crippen LogP contribution in [0.4, 0.5) is 0 Å². The predicted octanol–water partition coefficient (Wildman–Crippen LogP) is 0.00230. The van der Waals surface area contributed by atoms with E-state index in [9.17, 15) is 4.79 Å². The Kier molecular flexibility index (Phi) is 4.76. The Morgan fingerprint density at radius 2 is 2.41 bits per heavy atom. The molecule has 2 rings (SSSR count). The summed E-state index contributed by atoms with van der Waals surface area (Å²) in [5, 5.41) is 3.30. The highest BCUT2D eigenvalue weighted by molar-refractivity contribution is 5.82. The highest BCUT2D eigenvalue weighted by Crippen LogP contribution is 2.13. The molecule has 1 amide bonds. The van der Waals surface area contributed by atoms with Gasteiger partial charge in [0.05, 0.1) is 25.4 Å². The summed E-state index contributed by atoms with van der Waals surface area (Å²) in [5.41, 5.74) is 0. The maximum atomic E-state index is 12.3. The van der Waals surface area contributed by atoms with Gasteiger partial charge in [-0.2, -0.15) is 0 Å². The van der Waals surface area contributed by atoms with Crippen molar-refractivity contribution in [2.75, 3.05) is 40.0 Å². The Labute approximate surface area is 102 Å². The molecule has 0 aliphatic carbocycles. The summed E-state index contributed by atoms with van der Waals surface area (Å²) in [6, 6.07) is 0.0186. The smallest absolute Gasteiger partial charge is 0.239 e. The average Bonchev–Trinajstić information content (AvgIpc) is 2.40. The van der Waals surface area contributed by atoms with E-state index in [2.05, 4.69) is 5.32 Å². The van der Waals surface area contributed by atoms with Crippen molar-refractivity contribution in [3.63, 3.8) is 0 Å². The highest BCUT2D eigenvalue weighted by Gasteiger charge is 2.29. The molecule has 0 aromatic heterocycles. The third kappa shape index (κ3) is 3.40. The average molecular weight is 242 g/mol. The molecule has 2 saturated heterocycles. The molecule has 1 N–H and O–H groups in total. The Hall–Kier alpha value is -0.650. The Balaban J connectivity index is 1.85. The molecule has 98 valence electrons. The number of morpholine rings is 1. The lowest BCUT2D eigenvalue weighted by Crippen LogP contribution is -2.54. The van der Waals surface area contributed by atoms with Crippen LogP contribution >= 0.6 is 0 Å². The van der Waals surface area contributed by atoms with E-state index in [0.29, 0.717) is 26.3 Å². The fourth-order valence-corrected chi connectivity index (χ4v) is 2.49. The van der Waals surface area contributed by atoms with Gasteiger partial charge in [-0.25, -0.2) is 0 Å². The van der Waals surface area contributed by atoms with Crippen LogP contribution in [0, 0.1) is 0 Å². The van der Waals surface area contributed by atoms with Gasteiger partial charge >= 0.3 is 0 Å². The number of carbonyl (C=O) groups excluding carboxylic acids is 1. The fourth-order valence-electron chi connectivity index (χ4n) is 2.49. The van der Waals surface area contributed by atoms with Crippen molar-refractivity contribution in [2.24, 2.45) is 0 Å². The zero-order chi connectivity index (χ0) is 12.1. The van der Waals surface area contributed by atoms with E-state index in [-0.39, 0.29) is 18.1 Å². The van der Waals surface area contributed by atoms with Crippen LogP contribution in [0.25, 0.3) is 0 Å². The molecule has 2 atom stereocenters. The molecule has 5 heteroatoms. The van der Waals surface area contributed by atoms with Gasteiger partial charge in [0.1, 0.15) is 0 Å². The third-order valence-electron chi connectivity index (χ3n) is 3.41. The molecular weight excluding hydrogens is 220 g/mol. The van der Waals surface area contributed by atoms with E-state index >= 15 is 0 Å². The summed E-state index contributed by atoms with van der Waals surface area (Å²) >= 11 is 0. The number of nitrogens with one attached hydrogen (secondary N) is 1. The zero-order valence-corrected chi connectivity index (χ0v) is 10.5. The summed E-state index contributed by atoms with van der Waals surface area (Å²) in [7, 11) is 1.66. The zero-order valence-electron chi connectivity index (χ0n) is 10.5. The molecule has 0 aromatic carbocycles. The van der Waals surface area contributed by atoms with Gasteiger partial charge in [0.15, 0.2) is 0 Å². The second-order valence-electron chi connectivity index (χ2n) is 4.73. The highest BCUT2D eigenvalue weighted by atomic mass is 16.5. The first-order valence-electron chi connectivity index (χ1n) is 6.44. The van der Waals surface area contributed by atoms with Gasteiger partial charge in [-0.05, 0) is 19.4 Å². The van der Waals surface area contributed by atoms with Gasteiger partial charge in [-0.3, -0.25) is 4.79 Å². The molecule has 0 bridgehead atoms. The molecule has 0 radical (unpaired) electrons. The van der Waals surface area contributed by atoms with E-state index in [0.717, 1.165) is 19.4 Å².